The fourth-order valence-corrected chi connectivity index (χ4v) is 4.53. The van der Waals surface area contributed by atoms with Crippen LogP contribution in [0.3, 0.4) is 0 Å². The number of hydrogen-bond donors (Lipinski definition) is 3. The lowest BCUT2D eigenvalue weighted by atomic mass is 10.1. The van der Waals surface area contributed by atoms with E-state index in [4.69, 9.17) is 4.74 Å². The predicted octanol–water partition coefficient (Wildman–Crippen LogP) is 2.90. The summed E-state index contributed by atoms with van der Waals surface area (Å²) in [5, 5.41) is 1.63. The molecule has 180 valence electrons. The van der Waals surface area contributed by atoms with Crippen LogP contribution in [0, 0.1) is 11.7 Å². The van der Waals surface area contributed by atoms with Crippen LogP contribution in [0.1, 0.15) is 20.8 Å². The fourth-order valence-electron chi connectivity index (χ4n) is 3.15. The number of ether oxygens (including phenoxy) is 1. The standard InChI is InChI=1S/C24H26FN3O5S/c1-15(2)22(28-34(31,32)19-13-12-17-8-4-5-9-18(17)14-19)24(30)27-26-23(29)16(3)33-21-11-7-6-10-20(21)25/h4-16,22,28H,1-3H3,(H,26,29)(H,27,30). The van der Waals surface area contributed by atoms with E-state index in [1.807, 2.05) is 12.1 Å². The van der Waals surface area contributed by atoms with Crippen molar-refractivity contribution in [1.29, 1.82) is 0 Å². The van der Waals surface area contributed by atoms with Gasteiger partial charge >= 0.3 is 0 Å². The van der Waals surface area contributed by atoms with E-state index in [2.05, 4.69) is 15.6 Å². The summed E-state index contributed by atoms with van der Waals surface area (Å²) in [7, 11) is -4.03. The number of benzene rings is 3. The molecule has 0 heterocycles. The van der Waals surface area contributed by atoms with Crippen molar-refractivity contribution in [3.05, 3.63) is 72.5 Å². The van der Waals surface area contributed by atoms with Crippen molar-refractivity contribution in [1.82, 2.24) is 15.6 Å². The average molecular weight is 488 g/mol. The number of hydrogen-bond acceptors (Lipinski definition) is 5. The molecule has 3 aromatic rings. The molecule has 0 spiro atoms. The van der Waals surface area contributed by atoms with Gasteiger partial charge in [-0.15, -0.1) is 0 Å². The van der Waals surface area contributed by atoms with Gasteiger partial charge in [-0.05, 0) is 47.9 Å². The van der Waals surface area contributed by atoms with E-state index in [0.717, 1.165) is 10.8 Å². The summed E-state index contributed by atoms with van der Waals surface area (Å²) in [5.41, 5.74) is 4.40. The maximum atomic E-state index is 13.7. The van der Waals surface area contributed by atoms with Crippen molar-refractivity contribution in [3.8, 4) is 5.75 Å². The third-order valence-corrected chi connectivity index (χ3v) is 6.52. The van der Waals surface area contributed by atoms with E-state index in [0.29, 0.717) is 0 Å². The molecule has 34 heavy (non-hydrogen) atoms. The largest absolute Gasteiger partial charge is 0.478 e. The second kappa shape index (κ2) is 10.6. The minimum Gasteiger partial charge on any atom is -0.478 e. The minimum atomic E-state index is -4.03. The van der Waals surface area contributed by atoms with E-state index < -0.39 is 45.7 Å². The number of carbonyl (C=O) groups is 2. The minimum absolute atomic E-state index is 0.0144. The summed E-state index contributed by atoms with van der Waals surface area (Å²) < 4.78 is 47.3. The number of rotatable bonds is 8. The zero-order valence-electron chi connectivity index (χ0n) is 18.9. The number of carbonyl (C=O) groups excluding carboxylic acids is 2. The van der Waals surface area contributed by atoms with Crippen LogP contribution in [-0.2, 0) is 19.6 Å². The first-order chi connectivity index (χ1) is 16.1. The molecule has 0 radical (unpaired) electrons. The molecule has 0 aliphatic carbocycles. The van der Waals surface area contributed by atoms with Crippen LogP contribution in [0.2, 0.25) is 0 Å². The third-order valence-electron chi connectivity index (χ3n) is 5.08. The summed E-state index contributed by atoms with van der Waals surface area (Å²) in [6, 6.07) is 16.4. The Morgan fingerprint density at radius 3 is 2.15 bits per heavy atom. The summed E-state index contributed by atoms with van der Waals surface area (Å²) in [6.45, 7) is 4.72. The lowest BCUT2D eigenvalue weighted by Crippen LogP contribution is -2.55. The van der Waals surface area contributed by atoms with Crippen LogP contribution in [-0.4, -0.2) is 32.4 Å². The Kier molecular flexibility index (Phi) is 7.85. The van der Waals surface area contributed by atoms with Gasteiger partial charge < -0.3 is 4.74 Å². The Balaban J connectivity index is 1.65. The summed E-state index contributed by atoms with van der Waals surface area (Å²) >= 11 is 0. The maximum Gasteiger partial charge on any atom is 0.279 e. The topological polar surface area (TPSA) is 114 Å². The Labute approximate surface area is 197 Å². The quantitative estimate of drug-likeness (QED) is 0.423. The number of fused-ring (bicyclic) bond motifs is 1. The number of nitrogens with one attached hydrogen (secondary N) is 3. The van der Waals surface area contributed by atoms with Gasteiger partial charge in [-0.1, -0.05) is 56.3 Å². The van der Waals surface area contributed by atoms with Crippen molar-refractivity contribution in [2.45, 2.75) is 37.8 Å². The first-order valence-electron chi connectivity index (χ1n) is 10.6. The summed E-state index contributed by atoms with van der Waals surface area (Å²) in [4.78, 5) is 25.0. The molecule has 0 saturated heterocycles. The van der Waals surface area contributed by atoms with E-state index in [-0.39, 0.29) is 10.6 Å². The van der Waals surface area contributed by atoms with Gasteiger partial charge in [0.1, 0.15) is 6.04 Å². The van der Waals surface area contributed by atoms with Crippen molar-refractivity contribution in [3.63, 3.8) is 0 Å². The SMILES string of the molecule is CC(Oc1ccccc1F)C(=O)NNC(=O)C(NS(=O)(=O)c1ccc2ccccc2c1)C(C)C. The highest BCUT2D eigenvalue weighted by molar-refractivity contribution is 7.89. The van der Waals surface area contributed by atoms with Crippen molar-refractivity contribution < 1.29 is 27.1 Å². The number of amides is 2. The van der Waals surface area contributed by atoms with Gasteiger partial charge in [0.2, 0.25) is 10.0 Å². The highest BCUT2D eigenvalue weighted by Gasteiger charge is 2.29. The first kappa shape index (κ1) is 25.1. The summed E-state index contributed by atoms with van der Waals surface area (Å²) in [5.74, 6) is -2.67. The molecule has 3 N–H and O–H groups in total. The molecule has 0 aromatic heterocycles. The normalized spacial score (nSPS) is 13.3. The van der Waals surface area contributed by atoms with Crippen molar-refractivity contribution >= 4 is 32.6 Å². The monoisotopic (exact) mass is 487 g/mol. The Bertz CT molecular complexity index is 1300. The second-order valence-electron chi connectivity index (χ2n) is 8.02. The molecule has 8 nitrogen and oxygen atoms in total. The molecule has 3 aromatic carbocycles. The fraction of sp³-hybridized carbons (Fsp3) is 0.250. The van der Waals surface area contributed by atoms with Gasteiger partial charge in [0.05, 0.1) is 4.90 Å². The van der Waals surface area contributed by atoms with Crippen LogP contribution in [0.5, 0.6) is 5.75 Å². The molecule has 0 saturated carbocycles. The van der Waals surface area contributed by atoms with Crippen LogP contribution < -0.4 is 20.3 Å². The van der Waals surface area contributed by atoms with Gasteiger partial charge in [0, 0.05) is 0 Å². The van der Waals surface area contributed by atoms with Crippen LogP contribution >= 0.6 is 0 Å². The third kappa shape index (κ3) is 6.09. The maximum absolute atomic E-state index is 13.7. The van der Waals surface area contributed by atoms with E-state index in [1.165, 1.54) is 37.3 Å². The Morgan fingerprint density at radius 2 is 1.47 bits per heavy atom. The lowest BCUT2D eigenvalue weighted by Gasteiger charge is -2.22. The Morgan fingerprint density at radius 1 is 0.853 bits per heavy atom. The number of sulfonamides is 1. The van der Waals surface area contributed by atoms with Gasteiger partial charge in [0.25, 0.3) is 11.8 Å². The highest BCUT2D eigenvalue weighted by atomic mass is 32.2. The predicted molar refractivity (Wildman–Crippen MR) is 126 cm³/mol. The zero-order chi connectivity index (χ0) is 24.9. The average Bonchev–Trinajstić information content (AvgIpc) is 2.81. The molecule has 2 unspecified atom stereocenters. The molecule has 0 aliphatic heterocycles. The smallest absolute Gasteiger partial charge is 0.279 e. The number of para-hydroxylation sites is 1. The van der Waals surface area contributed by atoms with Gasteiger partial charge in [-0.2, -0.15) is 4.72 Å². The summed E-state index contributed by atoms with van der Waals surface area (Å²) in [6.07, 6.45) is -1.12. The molecule has 2 amide bonds. The second-order valence-corrected chi connectivity index (χ2v) is 9.73. The molecule has 3 rings (SSSR count). The zero-order valence-corrected chi connectivity index (χ0v) is 19.7. The van der Waals surface area contributed by atoms with Crippen LogP contribution in [0.15, 0.2) is 71.6 Å². The van der Waals surface area contributed by atoms with E-state index in [1.54, 1.807) is 38.1 Å². The van der Waals surface area contributed by atoms with Crippen LogP contribution in [0.4, 0.5) is 4.39 Å². The van der Waals surface area contributed by atoms with Gasteiger partial charge in [-0.3, -0.25) is 20.4 Å². The molecular formula is C24H26FN3O5S. The van der Waals surface area contributed by atoms with Gasteiger partial charge in [0.15, 0.2) is 17.7 Å². The molecule has 2 atom stereocenters. The first-order valence-corrected chi connectivity index (χ1v) is 12.1. The molecule has 10 heteroatoms. The van der Waals surface area contributed by atoms with E-state index in [9.17, 15) is 22.4 Å². The number of hydrazine groups is 1. The van der Waals surface area contributed by atoms with E-state index >= 15 is 0 Å². The van der Waals surface area contributed by atoms with Crippen molar-refractivity contribution in [2.24, 2.45) is 5.92 Å². The lowest BCUT2D eigenvalue weighted by molar-refractivity contribution is -0.133. The molecule has 0 fully saturated rings. The molecule has 0 aliphatic rings. The highest BCUT2D eigenvalue weighted by Crippen LogP contribution is 2.20. The van der Waals surface area contributed by atoms with Crippen molar-refractivity contribution in [2.75, 3.05) is 0 Å². The number of halogens is 1. The molecular weight excluding hydrogens is 461 g/mol. The molecule has 0 bridgehead atoms. The van der Waals surface area contributed by atoms with Gasteiger partial charge in [-0.25, -0.2) is 12.8 Å². The van der Waals surface area contributed by atoms with Crippen LogP contribution in [0.25, 0.3) is 10.8 Å². The Hall–Kier alpha value is -3.50.